The largest absolute Gasteiger partial charge is 0.497 e. The molecule has 5 heteroatoms. The van der Waals surface area contributed by atoms with E-state index >= 15 is 0 Å². The molecule has 1 aromatic heterocycles. The average Bonchev–Trinajstić information content (AvgIpc) is 3.06. The van der Waals surface area contributed by atoms with Gasteiger partial charge in [0.2, 0.25) is 0 Å². The maximum Gasteiger partial charge on any atom is 0.156 e. The van der Waals surface area contributed by atoms with Crippen LogP contribution < -0.4 is 4.74 Å². The number of benzene rings is 1. The zero-order chi connectivity index (χ0) is 17.1. The maximum absolute atomic E-state index is 5.97. The van der Waals surface area contributed by atoms with Gasteiger partial charge in [-0.1, -0.05) is 11.2 Å². The summed E-state index contributed by atoms with van der Waals surface area (Å²) in [6, 6.07) is 14.1. The van der Waals surface area contributed by atoms with Gasteiger partial charge >= 0.3 is 0 Å². The third-order valence-electron chi connectivity index (χ3n) is 4.99. The van der Waals surface area contributed by atoms with E-state index < -0.39 is 0 Å². The molecule has 1 unspecified atom stereocenters. The first kappa shape index (κ1) is 16.1. The van der Waals surface area contributed by atoms with Crippen molar-refractivity contribution in [2.24, 2.45) is 5.16 Å². The third-order valence-corrected chi connectivity index (χ3v) is 4.99. The van der Waals surface area contributed by atoms with Crippen LogP contribution in [0.25, 0.3) is 0 Å². The second-order valence-corrected chi connectivity index (χ2v) is 6.85. The Kier molecular flexibility index (Phi) is 4.40. The van der Waals surface area contributed by atoms with E-state index in [0.717, 1.165) is 61.6 Å². The van der Waals surface area contributed by atoms with E-state index in [1.54, 1.807) is 7.11 Å². The third kappa shape index (κ3) is 3.51. The second-order valence-electron chi connectivity index (χ2n) is 6.85. The SMILES string of the molecule is COc1ccc(C2=NOC3(CCCN(Cc4ccccn4)C3)C2)cc1. The molecule has 0 bridgehead atoms. The molecule has 2 aliphatic heterocycles. The summed E-state index contributed by atoms with van der Waals surface area (Å²) in [6.45, 7) is 2.84. The number of hydrogen-bond donors (Lipinski definition) is 0. The predicted octanol–water partition coefficient (Wildman–Crippen LogP) is 3.25. The van der Waals surface area contributed by atoms with Gasteiger partial charge in [-0.3, -0.25) is 9.88 Å². The van der Waals surface area contributed by atoms with Crippen molar-refractivity contribution in [1.29, 1.82) is 0 Å². The molecule has 3 heterocycles. The fraction of sp³-hybridized carbons (Fsp3) is 0.400. The first-order chi connectivity index (χ1) is 12.3. The minimum Gasteiger partial charge on any atom is -0.497 e. The van der Waals surface area contributed by atoms with E-state index in [2.05, 4.69) is 33.2 Å². The molecule has 5 nitrogen and oxygen atoms in total. The fourth-order valence-electron chi connectivity index (χ4n) is 3.72. The smallest absolute Gasteiger partial charge is 0.156 e. The van der Waals surface area contributed by atoms with E-state index in [9.17, 15) is 0 Å². The van der Waals surface area contributed by atoms with E-state index in [4.69, 9.17) is 9.57 Å². The van der Waals surface area contributed by atoms with Crippen LogP contribution in [0.2, 0.25) is 0 Å². The van der Waals surface area contributed by atoms with Crippen LogP contribution in [0.1, 0.15) is 30.5 Å². The Balaban J connectivity index is 1.42. The van der Waals surface area contributed by atoms with Gasteiger partial charge in [-0.15, -0.1) is 0 Å². The van der Waals surface area contributed by atoms with E-state index in [1.807, 2.05) is 30.5 Å². The normalized spacial score (nSPS) is 23.3. The molecule has 1 aromatic carbocycles. The van der Waals surface area contributed by atoms with E-state index in [1.165, 1.54) is 0 Å². The van der Waals surface area contributed by atoms with Crippen molar-refractivity contribution >= 4 is 5.71 Å². The fourth-order valence-corrected chi connectivity index (χ4v) is 3.72. The van der Waals surface area contributed by atoms with Gasteiger partial charge in [0.15, 0.2) is 5.60 Å². The van der Waals surface area contributed by atoms with Crippen LogP contribution in [-0.2, 0) is 11.4 Å². The maximum atomic E-state index is 5.97. The number of ether oxygens (including phenoxy) is 1. The molecule has 0 saturated carbocycles. The van der Waals surface area contributed by atoms with Crippen molar-refractivity contribution in [2.75, 3.05) is 20.2 Å². The summed E-state index contributed by atoms with van der Waals surface area (Å²) in [5.41, 5.74) is 3.05. The molecule has 2 aliphatic rings. The second kappa shape index (κ2) is 6.84. The Labute approximate surface area is 148 Å². The van der Waals surface area contributed by atoms with Crippen LogP contribution in [0.5, 0.6) is 5.75 Å². The highest BCUT2D eigenvalue weighted by Crippen LogP contribution is 2.35. The Morgan fingerprint density at radius 2 is 2.08 bits per heavy atom. The molecule has 0 amide bonds. The molecular formula is C20H23N3O2. The number of methoxy groups -OCH3 is 1. The summed E-state index contributed by atoms with van der Waals surface area (Å²) >= 11 is 0. The lowest BCUT2D eigenvalue weighted by atomic mass is 9.86. The molecule has 0 N–H and O–H groups in total. The number of oxime groups is 1. The van der Waals surface area contributed by atoms with Crippen molar-refractivity contribution in [2.45, 2.75) is 31.4 Å². The number of nitrogens with zero attached hydrogens (tertiary/aromatic N) is 3. The highest BCUT2D eigenvalue weighted by molar-refractivity contribution is 6.01. The first-order valence-electron chi connectivity index (χ1n) is 8.78. The zero-order valence-electron chi connectivity index (χ0n) is 14.5. The lowest BCUT2D eigenvalue weighted by Gasteiger charge is -2.38. The molecule has 1 spiro atoms. The number of piperidine rings is 1. The monoisotopic (exact) mass is 337 g/mol. The average molecular weight is 337 g/mol. The summed E-state index contributed by atoms with van der Waals surface area (Å²) in [7, 11) is 1.68. The molecular weight excluding hydrogens is 314 g/mol. The molecule has 2 aromatic rings. The van der Waals surface area contributed by atoms with E-state index in [-0.39, 0.29) is 5.60 Å². The van der Waals surface area contributed by atoms with Crippen LogP contribution in [0.3, 0.4) is 0 Å². The first-order valence-corrected chi connectivity index (χ1v) is 8.78. The number of hydrogen-bond acceptors (Lipinski definition) is 5. The van der Waals surface area contributed by atoms with Gasteiger partial charge in [0.25, 0.3) is 0 Å². The molecule has 0 aliphatic carbocycles. The van der Waals surface area contributed by atoms with Gasteiger partial charge in [-0.25, -0.2) is 0 Å². The van der Waals surface area contributed by atoms with Crippen LogP contribution in [0.15, 0.2) is 53.8 Å². The minimum atomic E-state index is -0.192. The Bertz CT molecular complexity index is 745. The van der Waals surface area contributed by atoms with Gasteiger partial charge in [-0.2, -0.15) is 0 Å². The van der Waals surface area contributed by atoms with Crippen LogP contribution >= 0.6 is 0 Å². The molecule has 1 atom stereocenters. The van der Waals surface area contributed by atoms with Gasteiger partial charge in [-0.05, 0) is 61.3 Å². The molecule has 1 fully saturated rings. The molecule has 4 rings (SSSR count). The van der Waals surface area contributed by atoms with Crippen molar-refractivity contribution in [3.63, 3.8) is 0 Å². The summed E-state index contributed by atoms with van der Waals surface area (Å²) in [4.78, 5) is 12.8. The Morgan fingerprint density at radius 3 is 2.84 bits per heavy atom. The topological polar surface area (TPSA) is 47.0 Å². The van der Waals surface area contributed by atoms with Crippen molar-refractivity contribution in [1.82, 2.24) is 9.88 Å². The Hall–Kier alpha value is -2.40. The molecule has 25 heavy (non-hydrogen) atoms. The molecule has 1 saturated heterocycles. The van der Waals surface area contributed by atoms with Crippen molar-refractivity contribution < 1.29 is 9.57 Å². The standard InChI is InChI=1S/C20H23N3O2/c1-24-18-8-6-16(7-9-18)19-13-20(25-22-19)10-4-12-23(15-20)14-17-5-2-3-11-21-17/h2-3,5-9,11H,4,10,12-15H2,1H3. The van der Waals surface area contributed by atoms with Gasteiger partial charge in [0.1, 0.15) is 5.75 Å². The number of rotatable bonds is 4. The van der Waals surface area contributed by atoms with Crippen LogP contribution in [0, 0.1) is 0 Å². The summed E-state index contributed by atoms with van der Waals surface area (Å²) < 4.78 is 5.23. The van der Waals surface area contributed by atoms with Crippen LogP contribution in [0.4, 0.5) is 0 Å². The molecule has 130 valence electrons. The van der Waals surface area contributed by atoms with Gasteiger partial charge in [0.05, 0.1) is 18.5 Å². The molecule has 0 radical (unpaired) electrons. The minimum absolute atomic E-state index is 0.192. The number of pyridine rings is 1. The van der Waals surface area contributed by atoms with Gasteiger partial charge in [0, 0.05) is 25.7 Å². The Morgan fingerprint density at radius 1 is 1.20 bits per heavy atom. The predicted molar refractivity (Wildman–Crippen MR) is 96.7 cm³/mol. The van der Waals surface area contributed by atoms with Crippen molar-refractivity contribution in [3.05, 3.63) is 59.9 Å². The van der Waals surface area contributed by atoms with Crippen LogP contribution in [-0.4, -0.2) is 41.4 Å². The number of aromatic nitrogens is 1. The van der Waals surface area contributed by atoms with E-state index in [0.29, 0.717) is 0 Å². The van der Waals surface area contributed by atoms with Gasteiger partial charge < -0.3 is 9.57 Å². The zero-order valence-corrected chi connectivity index (χ0v) is 14.5. The summed E-state index contributed by atoms with van der Waals surface area (Å²) in [5.74, 6) is 0.859. The summed E-state index contributed by atoms with van der Waals surface area (Å²) in [6.07, 6.45) is 4.89. The highest BCUT2D eigenvalue weighted by Gasteiger charge is 2.43. The number of likely N-dealkylation sites (tertiary alicyclic amines) is 1. The highest BCUT2D eigenvalue weighted by atomic mass is 16.7. The quantitative estimate of drug-likeness (QED) is 0.859. The van der Waals surface area contributed by atoms with Crippen molar-refractivity contribution in [3.8, 4) is 5.75 Å². The lowest BCUT2D eigenvalue weighted by molar-refractivity contribution is -0.0706. The lowest BCUT2D eigenvalue weighted by Crippen LogP contribution is -2.48. The summed E-state index contributed by atoms with van der Waals surface area (Å²) in [5, 5.41) is 4.41.